The Kier molecular flexibility index (Phi) is 13.0. The van der Waals surface area contributed by atoms with Crippen molar-refractivity contribution in [2.75, 3.05) is 13.1 Å². The average molecular weight is 746 g/mol. The molecule has 4 aromatic carbocycles. The van der Waals surface area contributed by atoms with Gasteiger partial charge in [0.15, 0.2) is 0 Å². The Labute approximate surface area is 315 Å². The van der Waals surface area contributed by atoms with Crippen molar-refractivity contribution in [3.63, 3.8) is 0 Å². The number of alkyl halides is 3. The summed E-state index contributed by atoms with van der Waals surface area (Å²) in [5.74, 6) is -0.388. The molecule has 0 aliphatic carbocycles. The lowest BCUT2D eigenvalue weighted by Crippen LogP contribution is -2.52. The second-order valence-electron chi connectivity index (χ2n) is 14.7. The molecule has 0 radical (unpaired) electrons. The van der Waals surface area contributed by atoms with Gasteiger partial charge in [-0.2, -0.15) is 13.2 Å². The smallest absolute Gasteiger partial charge is 0.416 e. The molecule has 282 valence electrons. The first kappa shape index (κ1) is 39.9. The summed E-state index contributed by atoms with van der Waals surface area (Å²) in [6, 6.07) is 35.4. The molecule has 4 aromatic rings. The van der Waals surface area contributed by atoms with Crippen LogP contribution in [0.15, 0.2) is 115 Å². The number of nitrogens with one attached hydrogen (secondary N) is 2. The number of ether oxygens (including phenoxy) is 1. The fourth-order valence-electron chi connectivity index (χ4n) is 6.88. The van der Waals surface area contributed by atoms with E-state index in [1.165, 1.54) is 6.07 Å². The molecular formula is C43H50F3N3O3S. The van der Waals surface area contributed by atoms with E-state index in [9.17, 15) is 22.8 Å². The van der Waals surface area contributed by atoms with E-state index in [2.05, 4.69) is 83.4 Å². The standard InChI is InChI=1S/C43H50F3N3O3S/c1-6-30(2)38(39(50)48-27-31-17-16-24-35(25-31)43(44,45)46)47-28-36-26-37(29-49(36)40(51)52-41(3,4)5)53-42(32-18-10-7-11-19-32,33-20-12-8-13-21-33)34-22-14-9-15-23-34/h7-25,30,36-38,47H,6,26-29H2,1-5H3,(H,48,50)/t30?,36?,37?,38-/m0/s1. The van der Waals surface area contributed by atoms with Gasteiger partial charge in [-0.05, 0) is 67.5 Å². The molecule has 1 aliphatic rings. The van der Waals surface area contributed by atoms with Gasteiger partial charge in [0.05, 0.1) is 16.4 Å². The van der Waals surface area contributed by atoms with Crippen LogP contribution >= 0.6 is 11.8 Å². The minimum Gasteiger partial charge on any atom is -0.444 e. The quantitative estimate of drug-likeness (QED) is 0.134. The van der Waals surface area contributed by atoms with Gasteiger partial charge < -0.3 is 20.3 Å². The monoisotopic (exact) mass is 745 g/mol. The van der Waals surface area contributed by atoms with Crippen LogP contribution in [0.2, 0.25) is 0 Å². The van der Waals surface area contributed by atoms with Gasteiger partial charge in [-0.15, -0.1) is 11.8 Å². The first-order valence-corrected chi connectivity index (χ1v) is 19.1. The highest BCUT2D eigenvalue weighted by Crippen LogP contribution is 2.52. The Balaban J connectivity index is 1.41. The predicted molar refractivity (Wildman–Crippen MR) is 206 cm³/mol. The number of hydrogen-bond donors (Lipinski definition) is 2. The number of likely N-dealkylation sites (tertiary alicyclic amines) is 1. The van der Waals surface area contributed by atoms with Crippen LogP contribution in [0.1, 0.15) is 75.3 Å². The van der Waals surface area contributed by atoms with Gasteiger partial charge in [-0.3, -0.25) is 4.79 Å². The minimum absolute atomic E-state index is 0.00767. The summed E-state index contributed by atoms with van der Waals surface area (Å²) >= 11 is 1.83. The maximum absolute atomic E-state index is 13.8. The zero-order valence-corrected chi connectivity index (χ0v) is 31.8. The average Bonchev–Trinajstić information content (AvgIpc) is 3.55. The summed E-state index contributed by atoms with van der Waals surface area (Å²) in [6.07, 6.45) is -3.54. The van der Waals surface area contributed by atoms with Crippen molar-refractivity contribution >= 4 is 23.8 Å². The molecular weight excluding hydrogens is 696 g/mol. The van der Waals surface area contributed by atoms with Crippen molar-refractivity contribution in [2.24, 2.45) is 5.92 Å². The van der Waals surface area contributed by atoms with Crippen molar-refractivity contribution in [1.82, 2.24) is 15.5 Å². The number of hydrogen-bond acceptors (Lipinski definition) is 5. The highest BCUT2D eigenvalue weighted by Gasteiger charge is 2.45. The minimum atomic E-state index is -4.47. The van der Waals surface area contributed by atoms with Crippen molar-refractivity contribution in [1.29, 1.82) is 0 Å². The number of benzene rings is 4. The highest BCUT2D eigenvalue weighted by atomic mass is 32.2. The molecule has 1 saturated heterocycles. The van der Waals surface area contributed by atoms with Crippen molar-refractivity contribution in [3.8, 4) is 0 Å². The number of amides is 2. The zero-order chi connectivity index (χ0) is 38.2. The number of nitrogens with zero attached hydrogens (tertiary/aromatic N) is 1. The summed E-state index contributed by atoms with van der Waals surface area (Å²) in [6.45, 7) is 10.2. The van der Waals surface area contributed by atoms with Crippen LogP contribution in [0.4, 0.5) is 18.0 Å². The Morgan fingerprint density at radius 3 is 1.85 bits per heavy atom. The molecule has 1 heterocycles. The Morgan fingerprint density at radius 2 is 1.36 bits per heavy atom. The van der Waals surface area contributed by atoms with Gasteiger partial charge in [-0.1, -0.05) is 123 Å². The summed E-state index contributed by atoms with van der Waals surface area (Å²) in [7, 11) is 0. The largest absolute Gasteiger partial charge is 0.444 e. The van der Waals surface area contributed by atoms with E-state index in [-0.39, 0.29) is 29.7 Å². The summed E-state index contributed by atoms with van der Waals surface area (Å²) in [5.41, 5.74) is 2.28. The first-order valence-electron chi connectivity index (χ1n) is 18.2. The molecule has 6 nitrogen and oxygen atoms in total. The van der Waals surface area contributed by atoms with E-state index >= 15 is 0 Å². The maximum atomic E-state index is 13.8. The molecule has 0 spiro atoms. The molecule has 53 heavy (non-hydrogen) atoms. The molecule has 1 fully saturated rings. The molecule has 0 saturated carbocycles. The van der Waals surface area contributed by atoms with E-state index < -0.39 is 34.2 Å². The molecule has 2 amide bonds. The van der Waals surface area contributed by atoms with Crippen molar-refractivity contribution < 1.29 is 27.5 Å². The maximum Gasteiger partial charge on any atom is 0.416 e. The predicted octanol–water partition coefficient (Wildman–Crippen LogP) is 9.43. The van der Waals surface area contributed by atoms with E-state index in [1.807, 2.05) is 64.6 Å². The first-order chi connectivity index (χ1) is 25.2. The summed E-state index contributed by atoms with van der Waals surface area (Å²) in [4.78, 5) is 29.2. The number of carbonyl (C=O) groups excluding carboxylic acids is 2. The van der Waals surface area contributed by atoms with Gasteiger partial charge in [0.1, 0.15) is 5.60 Å². The van der Waals surface area contributed by atoms with Gasteiger partial charge in [-0.25, -0.2) is 4.79 Å². The fraction of sp³-hybridized carbons (Fsp3) is 0.395. The number of rotatable bonds is 13. The SMILES string of the molecule is CCC(C)[C@H](NCC1CC(SC(c2ccccc2)(c2ccccc2)c2ccccc2)CN1C(=O)OC(C)(C)C)C(=O)NCc1cccc(C(F)(F)F)c1. The van der Waals surface area contributed by atoms with Crippen molar-refractivity contribution in [3.05, 3.63) is 143 Å². The normalized spacial score (nSPS) is 17.6. The fourth-order valence-corrected chi connectivity index (χ4v) is 8.75. The molecule has 3 unspecified atom stereocenters. The van der Waals surface area contributed by atoms with Crippen LogP contribution in [0.5, 0.6) is 0 Å². The van der Waals surface area contributed by atoms with Gasteiger partial charge in [0, 0.05) is 30.9 Å². The van der Waals surface area contributed by atoms with Crippen molar-refractivity contribution in [2.45, 2.75) is 87.9 Å². The third-order valence-corrected chi connectivity index (χ3v) is 11.4. The lowest BCUT2D eigenvalue weighted by atomic mass is 9.84. The summed E-state index contributed by atoms with van der Waals surface area (Å²) in [5, 5.41) is 6.30. The molecule has 0 aromatic heterocycles. The van der Waals surface area contributed by atoms with E-state index in [0.717, 1.165) is 28.8 Å². The molecule has 2 N–H and O–H groups in total. The molecule has 10 heteroatoms. The third-order valence-electron chi connectivity index (χ3n) is 9.68. The number of thioether (sulfide) groups is 1. The lowest BCUT2D eigenvalue weighted by molar-refractivity contribution is -0.137. The van der Waals surface area contributed by atoms with Crippen LogP contribution in [0.25, 0.3) is 0 Å². The molecule has 1 aliphatic heterocycles. The lowest BCUT2D eigenvalue weighted by Gasteiger charge is -2.37. The van der Waals surface area contributed by atoms with Crippen LogP contribution in [0.3, 0.4) is 0 Å². The van der Waals surface area contributed by atoms with Crippen LogP contribution in [-0.2, 0) is 27.0 Å². The van der Waals surface area contributed by atoms with Crippen LogP contribution < -0.4 is 10.6 Å². The Morgan fingerprint density at radius 1 is 0.830 bits per heavy atom. The second kappa shape index (κ2) is 17.2. The molecule has 5 rings (SSSR count). The summed E-state index contributed by atoms with van der Waals surface area (Å²) < 4.78 is 45.3. The topological polar surface area (TPSA) is 70.7 Å². The van der Waals surface area contributed by atoms with E-state index in [0.29, 0.717) is 31.5 Å². The Bertz CT molecular complexity index is 1690. The molecule has 0 bridgehead atoms. The molecule has 4 atom stereocenters. The second-order valence-corrected chi connectivity index (χ2v) is 16.2. The van der Waals surface area contributed by atoms with Crippen LogP contribution in [0, 0.1) is 5.92 Å². The van der Waals surface area contributed by atoms with Crippen LogP contribution in [-0.4, -0.2) is 52.9 Å². The van der Waals surface area contributed by atoms with E-state index in [4.69, 9.17) is 4.74 Å². The highest BCUT2D eigenvalue weighted by molar-refractivity contribution is 8.01. The Hall–Kier alpha value is -4.28. The third kappa shape index (κ3) is 10.0. The van der Waals surface area contributed by atoms with Gasteiger partial charge >= 0.3 is 12.3 Å². The number of halogens is 3. The van der Waals surface area contributed by atoms with E-state index in [1.54, 1.807) is 11.0 Å². The van der Waals surface area contributed by atoms with Gasteiger partial charge in [0.2, 0.25) is 5.91 Å². The zero-order valence-electron chi connectivity index (χ0n) is 31.0. The number of carbonyl (C=O) groups is 2. The van der Waals surface area contributed by atoms with Gasteiger partial charge in [0.25, 0.3) is 0 Å².